The molecular formula is C19H18N4O3. The second kappa shape index (κ2) is 7.60. The van der Waals surface area contributed by atoms with E-state index in [4.69, 9.17) is 0 Å². The van der Waals surface area contributed by atoms with E-state index in [-0.39, 0.29) is 23.0 Å². The Kier molecular flexibility index (Phi) is 5.07. The minimum atomic E-state index is -0.598. The number of carbonyl (C=O) groups excluding carboxylic acids is 1. The van der Waals surface area contributed by atoms with Gasteiger partial charge in [-0.1, -0.05) is 60.7 Å². The van der Waals surface area contributed by atoms with Crippen molar-refractivity contribution >= 4 is 11.6 Å². The van der Waals surface area contributed by atoms with Crippen LogP contribution in [0.1, 0.15) is 33.2 Å². The average Bonchev–Trinajstić information content (AvgIpc) is 3.05. The molecular weight excluding hydrogens is 332 g/mol. The van der Waals surface area contributed by atoms with Crippen LogP contribution >= 0.6 is 0 Å². The van der Waals surface area contributed by atoms with Crippen LogP contribution in [-0.2, 0) is 0 Å². The second-order valence-corrected chi connectivity index (χ2v) is 5.89. The summed E-state index contributed by atoms with van der Waals surface area (Å²) in [6.45, 7) is 1.81. The number of carbonyl (C=O) groups is 1. The molecule has 132 valence electrons. The fourth-order valence-electron chi connectivity index (χ4n) is 2.88. The SMILES string of the molecule is Cc1[nH]nc(C(=O)NCC(c2ccccc2)c2ccccc2)c1[N+](=O)[O-]. The summed E-state index contributed by atoms with van der Waals surface area (Å²) in [4.78, 5) is 23.0. The van der Waals surface area contributed by atoms with Gasteiger partial charge in [-0.2, -0.15) is 5.10 Å². The lowest BCUT2D eigenvalue weighted by atomic mass is 9.91. The fourth-order valence-corrected chi connectivity index (χ4v) is 2.88. The Balaban J connectivity index is 1.83. The maximum Gasteiger partial charge on any atom is 0.322 e. The van der Waals surface area contributed by atoms with Gasteiger partial charge in [-0.15, -0.1) is 0 Å². The molecule has 0 aliphatic heterocycles. The van der Waals surface area contributed by atoms with Gasteiger partial charge in [-0.3, -0.25) is 20.0 Å². The smallest absolute Gasteiger partial charge is 0.322 e. The summed E-state index contributed by atoms with van der Waals surface area (Å²) in [5.41, 5.74) is 1.85. The Morgan fingerprint density at radius 3 is 2.15 bits per heavy atom. The van der Waals surface area contributed by atoms with Crippen LogP contribution in [0, 0.1) is 17.0 Å². The molecule has 2 aromatic carbocycles. The van der Waals surface area contributed by atoms with E-state index in [0.717, 1.165) is 11.1 Å². The van der Waals surface area contributed by atoms with Gasteiger partial charge in [-0.25, -0.2) is 0 Å². The zero-order chi connectivity index (χ0) is 18.5. The highest BCUT2D eigenvalue weighted by Gasteiger charge is 2.27. The molecule has 0 aliphatic carbocycles. The lowest BCUT2D eigenvalue weighted by Crippen LogP contribution is -2.29. The molecule has 0 spiro atoms. The Bertz CT molecular complexity index is 868. The molecule has 3 rings (SSSR count). The maximum absolute atomic E-state index is 12.5. The van der Waals surface area contributed by atoms with Crippen LogP contribution in [0.3, 0.4) is 0 Å². The van der Waals surface area contributed by atoms with Gasteiger partial charge in [0.25, 0.3) is 5.91 Å². The Morgan fingerprint density at radius 2 is 1.65 bits per heavy atom. The highest BCUT2D eigenvalue weighted by molar-refractivity contribution is 5.96. The fraction of sp³-hybridized carbons (Fsp3) is 0.158. The summed E-state index contributed by atoms with van der Waals surface area (Å²) in [5, 5.41) is 20.2. The number of aromatic nitrogens is 2. The summed E-state index contributed by atoms with van der Waals surface area (Å²) in [6, 6.07) is 19.6. The van der Waals surface area contributed by atoms with Crippen molar-refractivity contribution in [1.29, 1.82) is 0 Å². The van der Waals surface area contributed by atoms with Crippen LogP contribution in [-0.4, -0.2) is 27.6 Å². The standard InChI is InChI=1S/C19H18N4O3/c1-13-18(23(25)26)17(22-21-13)19(24)20-12-16(14-8-4-2-5-9-14)15-10-6-3-7-11-15/h2-11,16H,12H2,1H3,(H,20,24)(H,21,22). The first kappa shape index (κ1) is 17.3. The molecule has 26 heavy (non-hydrogen) atoms. The molecule has 7 heteroatoms. The summed E-state index contributed by atoms with van der Waals surface area (Å²) in [6.07, 6.45) is 0. The third-order valence-electron chi connectivity index (χ3n) is 4.18. The third kappa shape index (κ3) is 3.61. The van der Waals surface area contributed by atoms with Crippen LogP contribution in [0.25, 0.3) is 0 Å². The van der Waals surface area contributed by atoms with Gasteiger partial charge in [0.05, 0.1) is 4.92 Å². The number of hydrogen-bond acceptors (Lipinski definition) is 4. The molecule has 0 unspecified atom stereocenters. The largest absolute Gasteiger partial charge is 0.349 e. The molecule has 3 aromatic rings. The summed E-state index contributed by atoms with van der Waals surface area (Å²) in [5.74, 6) is -0.640. The number of hydrogen-bond donors (Lipinski definition) is 2. The highest BCUT2D eigenvalue weighted by Crippen LogP contribution is 2.24. The second-order valence-electron chi connectivity index (χ2n) is 5.89. The number of aromatic amines is 1. The van der Waals surface area contributed by atoms with Crippen molar-refractivity contribution in [1.82, 2.24) is 15.5 Å². The van der Waals surface area contributed by atoms with Crippen LogP contribution in [0.15, 0.2) is 60.7 Å². The van der Waals surface area contributed by atoms with Gasteiger partial charge >= 0.3 is 5.69 Å². The first-order valence-electron chi connectivity index (χ1n) is 8.15. The molecule has 1 heterocycles. The van der Waals surface area contributed by atoms with E-state index < -0.39 is 10.8 Å². The molecule has 0 fully saturated rings. The Hall–Kier alpha value is -3.48. The van der Waals surface area contributed by atoms with Crippen molar-refractivity contribution in [3.8, 4) is 0 Å². The highest BCUT2D eigenvalue weighted by atomic mass is 16.6. The van der Waals surface area contributed by atoms with Gasteiger partial charge in [0, 0.05) is 12.5 Å². The summed E-state index contributed by atoms with van der Waals surface area (Å²) < 4.78 is 0. The van der Waals surface area contributed by atoms with E-state index in [1.807, 2.05) is 60.7 Å². The van der Waals surface area contributed by atoms with Gasteiger partial charge in [0.2, 0.25) is 5.69 Å². The number of amides is 1. The lowest BCUT2D eigenvalue weighted by molar-refractivity contribution is -0.385. The molecule has 0 bridgehead atoms. The zero-order valence-electron chi connectivity index (χ0n) is 14.2. The van der Waals surface area contributed by atoms with Crippen LogP contribution < -0.4 is 5.32 Å². The van der Waals surface area contributed by atoms with E-state index in [0.29, 0.717) is 6.54 Å². The number of benzene rings is 2. The van der Waals surface area contributed by atoms with Crippen LogP contribution in [0.5, 0.6) is 0 Å². The van der Waals surface area contributed by atoms with Crippen molar-refractivity contribution in [2.24, 2.45) is 0 Å². The molecule has 0 aliphatic rings. The number of rotatable bonds is 6. The molecule has 0 atom stereocenters. The number of nitrogens with zero attached hydrogens (tertiary/aromatic N) is 2. The van der Waals surface area contributed by atoms with Crippen molar-refractivity contribution in [3.63, 3.8) is 0 Å². The molecule has 7 nitrogen and oxygen atoms in total. The van der Waals surface area contributed by atoms with Gasteiger partial charge in [0.1, 0.15) is 5.69 Å². The van der Waals surface area contributed by atoms with Gasteiger partial charge in [-0.05, 0) is 18.1 Å². The van der Waals surface area contributed by atoms with Crippen molar-refractivity contribution in [2.45, 2.75) is 12.8 Å². The Labute approximate surface area is 150 Å². The molecule has 0 saturated heterocycles. The molecule has 1 amide bonds. The molecule has 2 N–H and O–H groups in total. The topological polar surface area (TPSA) is 101 Å². The number of nitro groups is 1. The third-order valence-corrected chi connectivity index (χ3v) is 4.18. The first-order valence-corrected chi connectivity index (χ1v) is 8.15. The minimum absolute atomic E-state index is 0.0690. The number of H-pyrrole nitrogens is 1. The van der Waals surface area contributed by atoms with E-state index in [9.17, 15) is 14.9 Å². The summed E-state index contributed by atoms with van der Waals surface area (Å²) in [7, 11) is 0. The van der Waals surface area contributed by atoms with Crippen molar-refractivity contribution < 1.29 is 9.72 Å². The monoisotopic (exact) mass is 350 g/mol. The normalized spacial score (nSPS) is 10.7. The summed E-state index contributed by atoms with van der Waals surface area (Å²) >= 11 is 0. The number of aryl methyl sites for hydroxylation is 1. The minimum Gasteiger partial charge on any atom is -0.349 e. The van der Waals surface area contributed by atoms with Crippen molar-refractivity contribution in [3.05, 3.63) is 93.3 Å². The van der Waals surface area contributed by atoms with Crippen LogP contribution in [0.4, 0.5) is 5.69 Å². The first-order chi connectivity index (χ1) is 12.6. The quantitative estimate of drug-likeness (QED) is 0.526. The predicted molar refractivity (Wildman–Crippen MR) is 97.0 cm³/mol. The lowest BCUT2D eigenvalue weighted by Gasteiger charge is -2.18. The zero-order valence-corrected chi connectivity index (χ0v) is 14.2. The van der Waals surface area contributed by atoms with E-state index in [2.05, 4.69) is 15.5 Å². The maximum atomic E-state index is 12.5. The predicted octanol–water partition coefficient (Wildman–Crippen LogP) is 3.19. The molecule has 1 aromatic heterocycles. The van der Waals surface area contributed by atoms with Gasteiger partial charge < -0.3 is 5.32 Å². The Morgan fingerprint density at radius 1 is 1.12 bits per heavy atom. The van der Waals surface area contributed by atoms with E-state index in [1.54, 1.807) is 0 Å². The van der Waals surface area contributed by atoms with Gasteiger partial charge in [0.15, 0.2) is 0 Å². The van der Waals surface area contributed by atoms with Crippen molar-refractivity contribution in [2.75, 3.05) is 6.54 Å². The van der Waals surface area contributed by atoms with E-state index in [1.165, 1.54) is 6.92 Å². The molecule has 0 radical (unpaired) electrons. The average molecular weight is 350 g/mol. The van der Waals surface area contributed by atoms with E-state index >= 15 is 0 Å². The van der Waals surface area contributed by atoms with Crippen LogP contribution in [0.2, 0.25) is 0 Å². The molecule has 0 saturated carbocycles. The number of nitrogens with one attached hydrogen (secondary N) is 2.